The summed E-state index contributed by atoms with van der Waals surface area (Å²) in [4.78, 5) is 68.3. The molecule has 8 aromatic rings. The number of benzene rings is 3. The van der Waals surface area contributed by atoms with Crippen molar-refractivity contribution in [1.82, 2.24) is 69.6 Å². The Kier molecular flexibility index (Phi) is 20.2. The van der Waals surface area contributed by atoms with Gasteiger partial charge in [-0.05, 0) is 127 Å². The summed E-state index contributed by atoms with van der Waals surface area (Å²) in [6.07, 6.45) is 8.19. The Morgan fingerprint density at radius 3 is 1.31 bits per heavy atom. The van der Waals surface area contributed by atoms with E-state index in [0.29, 0.717) is 71.8 Å². The molecule has 5 aromatic heterocycles. The second-order valence-electron chi connectivity index (χ2n) is 21.3. The molecular formula is C61H67F6N17O4. The van der Waals surface area contributed by atoms with Crippen molar-refractivity contribution >= 4 is 35.4 Å². The van der Waals surface area contributed by atoms with Crippen LogP contribution < -0.4 is 20.7 Å². The summed E-state index contributed by atoms with van der Waals surface area (Å²) in [5, 5.41) is 26.2. The topological polar surface area (TPSA) is 232 Å². The zero-order valence-corrected chi connectivity index (χ0v) is 49.0. The molecule has 27 heteroatoms. The molecule has 462 valence electrons. The molecule has 6 atom stereocenters. The van der Waals surface area contributed by atoms with Crippen molar-refractivity contribution in [3.05, 3.63) is 174 Å². The van der Waals surface area contributed by atoms with Crippen molar-refractivity contribution in [2.45, 2.75) is 122 Å². The highest BCUT2D eigenvalue weighted by molar-refractivity contribution is 5.99. The molecule has 3 aromatic carbocycles. The van der Waals surface area contributed by atoms with Crippen molar-refractivity contribution in [1.29, 1.82) is 0 Å². The number of nitrogens with zero attached hydrogens (tertiary/aromatic N) is 14. The molecule has 3 N–H and O–H groups in total. The van der Waals surface area contributed by atoms with Crippen LogP contribution in [0.3, 0.4) is 0 Å². The first-order chi connectivity index (χ1) is 42.3. The van der Waals surface area contributed by atoms with E-state index in [4.69, 9.17) is 4.74 Å². The summed E-state index contributed by atoms with van der Waals surface area (Å²) >= 11 is 0. The number of rotatable bonds is 13. The molecule has 21 nitrogen and oxygen atoms in total. The quantitative estimate of drug-likeness (QED) is 0.0911. The maximum absolute atomic E-state index is 13.4. The third-order valence-corrected chi connectivity index (χ3v) is 15.5. The SMILES string of the molecule is CCOc1ccccc1C(=O)N1CCC[C@@H](Nc2ccc(C(F)(F)F)cn2)[C@@H]1C.C[C@H]1[C@H](Nc2ncc(C(F)(F)F)cn2)CCCN1C(=O)c1ccccc1-n1nccn1.Cc1cnc(N[C@@H]2CCCN(C(=O)c3ccccc3-n3nccn3)[C@H]2C)nc1. The third-order valence-electron chi connectivity index (χ3n) is 15.5. The number of likely N-dealkylation sites (tertiary alicyclic amines) is 3. The van der Waals surface area contributed by atoms with E-state index in [-0.39, 0.29) is 59.9 Å². The van der Waals surface area contributed by atoms with Crippen molar-refractivity contribution < 1.29 is 45.5 Å². The molecule has 3 aliphatic rings. The number of anilines is 3. The number of aryl methyl sites for hydroxylation is 1. The van der Waals surface area contributed by atoms with Gasteiger partial charge in [0.2, 0.25) is 11.9 Å². The lowest BCUT2D eigenvalue weighted by molar-refractivity contribution is -0.138. The Labute approximate surface area is 504 Å². The molecule has 0 radical (unpaired) electrons. The molecule has 11 rings (SSSR count). The highest BCUT2D eigenvalue weighted by Gasteiger charge is 2.37. The molecular weight excluding hydrogens is 1150 g/mol. The lowest BCUT2D eigenvalue weighted by Crippen LogP contribution is -2.52. The Balaban J connectivity index is 0.000000157. The molecule has 0 aliphatic carbocycles. The van der Waals surface area contributed by atoms with Gasteiger partial charge in [0.1, 0.15) is 11.6 Å². The van der Waals surface area contributed by atoms with E-state index in [1.165, 1.54) is 28.1 Å². The first-order valence-corrected chi connectivity index (χ1v) is 28.9. The predicted octanol–water partition coefficient (Wildman–Crippen LogP) is 10.3. The number of halogens is 6. The molecule has 3 fully saturated rings. The van der Waals surface area contributed by atoms with Crippen molar-refractivity contribution in [3.63, 3.8) is 0 Å². The first-order valence-electron chi connectivity index (χ1n) is 28.9. The number of hydrogen-bond acceptors (Lipinski definition) is 16. The van der Waals surface area contributed by atoms with Gasteiger partial charge in [-0.1, -0.05) is 36.4 Å². The van der Waals surface area contributed by atoms with Crippen molar-refractivity contribution in [2.24, 2.45) is 0 Å². The number of piperidine rings is 3. The van der Waals surface area contributed by atoms with Gasteiger partial charge in [-0.3, -0.25) is 14.4 Å². The monoisotopic (exact) mass is 1220 g/mol. The van der Waals surface area contributed by atoms with Crippen LogP contribution in [-0.2, 0) is 12.4 Å². The average molecular weight is 1220 g/mol. The predicted molar refractivity (Wildman–Crippen MR) is 315 cm³/mol. The second kappa shape index (κ2) is 28.3. The number of nitrogens with one attached hydrogen (secondary N) is 3. The van der Waals surface area contributed by atoms with Gasteiger partial charge < -0.3 is 35.4 Å². The number of alkyl halides is 6. The Bertz CT molecular complexity index is 3560. The van der Waals surface area contributed by atoms with Crippen LogP contribution in [-0.4, -0.2) is 150 Å². The van der Waals surface area contributed by atoms with Gasteiger partial charge in [0, 0.05) is 86.9 Å². The molecule has 3 aliphatic heterocycles. The molecule has 0 saturated carbocycles. The molecule has 8 heterocycles. The van der Waals surface area contributed by atoms with Crippen molar-refractivity contribution in [3.8, 4) is 17.1 Å². The number of carbonyl (C=O) groups is 3. The summed E-state index contributed by atoms with van der Waals surface area (Å²) in [6, 6.07) is 23.4. The van der Waals surface area contributed by atoms with Crippen LogP contribution >= 0.6 is 0 Å². The highest BCUT2D eigenvalue weighted by atomic mass is 19.4. The number of aromatic nitrogens is 11. The number of hydrogen-bond donors (Lipinski definition) is 3. The minimum atomic E-state index is -4.49. The Morgan fingerprint density at radius 2 is 0.886 bits per heavy atom. The van der Waals surface area contributed by atoms with Crippen LogP contribution in [0.1, 0.15) is 114 Å². The van der Waals surface area contributed by atoms with Gasteiger partial charge >= 0.3 is 12.4 Å². The fraction of sp³-hybridized carbons (Fsp3) is 0.377. The number of carbonyl (C=O) groups excluding carboxylic acids is 3. The number of pyridine rings is 1. The van der Waals surface area contributed by atoms with Crippen LogP contribution in [0.4, 0.5) is 44.1 Å². The van der Waals surface area contributed by atoms with Crippen molar-refractivity contribution in [2.75, 3.05) is 42.2 Å². The zero-order valence-electron chi connectivity index (χ0n) is 49.0. The molecule has 0 bridgehead atoms. The van der Waals surface area contributed by atoms with Crippen LogP contribution in [0.15, 0.2) is 141 Å². The minimum absolute atomic E-state index is 0.00443. The highest BCUT2D eigenvalue weighted by Crippen LogP contribution is 2.33. The maximum atomic E-state index is 13.4. The lowest BCUT2D eigenvalue weighted by atomic mass is 9.96. The van der Waals surface area contributed by atoms with Crippen LogP contribution in [0, 0.1) is 6.92 Å². The molecule has 88 heavy (non-hydrogen) atoms. The zero-order chi connectivity index (χ0) is 62.5. The van der Waals surface area contributed by atoms with Gasteiger partial charge in [-0.25, -0.2) is 24.9 Å². The molecule has 3 amide bonds. The summed E-state index contributed by atoms with van der Waals surface area (Å²) < 4.78 is 81.9. The number of ether oxygens (including phenoxy) is 1. The Hall–Kier alpha value is -9.56. The minimum Gasteiger partial charge on any atom is -0.493 e. The smallest absolute Gasteiger partial charge is 0.419 e. The van der Waals surface area contributed by atoms with Gasteiger partial charge in [0.05, 0.1) is 70.6 Å². The first kappa shape index (κ1) is 63.0. The summed E-state index contributed by atoms with van der Waals surface area (Å²) in [6.45, 7) is 12.1. The van der Waals surface area contributed by atoms with E-state index >= 15 is 0 Å². The molecule has 0 unspecified atom stereocenters. The van der Waals surface area contributed by atoms with E-state index in [1.54, 1.807) is 77.1 Å². The Morgan fingerprint density at radius 1 is 0.500 bits per heavy atom. The van der Waals surface area contributed by atoms with E-state index in [1.807, 2.05) is 62.9 Å². The van der Waals surface area contributed by atoms with E-state index < -0.39 is 23.5 Å². The number of amides is 3. The van der Waals surface area contributed by atoms with Gasteiger partial charge in [0.25, 0.3) is 17.7 Å². The largest absolute Gasteiger partial charge is 0.493 e. The summed E-state index contributed by atoms with van der Waals surface area (Å²) in [5.41, 5.74) is 2.15. The lowest BCUT2D eigenvalue weighted by Gasteiger charge is -2.40. The number of para-hydroxylation sites is 3. The fourth-order valence-electron chi connectivity index (χ4n) is 10.8. The standard InChI is InChI=1S/C21H24F3N3O2.C20H20F3N7O.C20H23N7O/c1-3-29-18-9-5-4-7-16(18)20(28)27-12-6-8-17(14(27)2)26-19-11-10-15(13-25-19)21(22,23)24;1-13-16(28-19-24-11-14(12-25-19)20(21,22)23)6-4-10-29(13)18(31)15-5-2-3-7-17(15)30-26-8-9-27-30;1-14-12-21-20(22-13-14)25-17-7-5-11-26(15(17)2)19(28)16-6-3-4-8-18(16)27-23-9-10-24-27/h4-5,7,9-11,13-14,17H,3,6,8,12H2,1-2H3,(H,25,26);2-3,5,7-9,11-13,16H,4,6,10H2,1H3,(H,24,25,28);3-4,6,8-10,12-13,15,17H,5,7,11H2,1-2H3,(H,21,22,25)/t14-,17+;13-,16+;15-,17+/m000/s1. The van der Waals surface area contributed by atoms with Gasteiger partial charge in [0.15, 0.2) is 0 Å². The summed E-state index contributed by atoms with van der Waals surface area (Å²) in [5.74, 6) is 1.30. The average Bonchev–Trinajstić information content (AvgIpc) is 2.49. The van der Waals surface area contributed by atoms with Gasteiger partial charge in [-0.2, -0.15) is 56.3 Å². The van der Waals surface area contributed by atoms with E-state index in [2.05, 4.69) is 68.2 Å². The van der Waals surface area contributed by atoms with Gasteiger partial charge in [-0.15, -0.1) is 0 Å². The molecule has 0 spiro atoms. The van der Waals surface area contributed by atoms with Crippen LogP contribution in [0.5, 0.6) is 5.75 Å². The van der Waals surface area contributed by atoms with Crippen LogP contribution in [0.25, 0.3) is 11.4 Å². The normalized spacial score (nSPS) is 19.5. The molecule has 3 saturated heterocycles. The summed E-state index contributed by atoms with van der Waals surface area (Å²) in [7, 11) is 0. The van der Waals surface area contributed by atoms with Crippen LogP contribution in [0.2, 0.25) is 0 Å². The fourth-order valence-corrected chi connectivity index (χ4v) is 10.8. The van der Waals surface area contributed by atoms with E-state index in [0.717, 1.165) is 68.7 Å². The van der Waals surface area contributed by atoms with E-state index in [9.17, 15) is 40.7 Å². The third kappa shape index (κ3) is 15.3. The second-order valence-corrected chi connectivity index (χ2v) is 21.3. The maximum Gasteiger partial charge on any atom is 0.419 e.